The van der Waals surface area contributed by atoms with Crippen molar-refractivity contribution in [3.05, 3.63) is 41.2 Å². The molecular formula is C19H29IN6O2. The van der Waals surface area contributed by atoms with E-state index in [9.17, 15) is 4.79 Å². The number of hydrogen-bond donors (Lipinski definition) is 3. The van der Waals surface area contributed by atoms with Crippen LogP contribution in [-0.4, -0.2) is 41.8 Å². The third-order valence-electron chi connectivity index (χ3n) is 4.13. The number of amides is 1. The highest BCUT2D eigenvalue weighted by Crippen LogP contribution is 2.17. The van der Waals surface area contributed by atoms with Crippen LogP contribution in [0.3, 0.4) is 0 Å². The first-order chi connectivity index (χ1) is 12.9. The number of nitrogens with one attached hydrogen (secondary N) is 3. The number of hydrogen-bond acceptors (Lipinski definition) is 4. The first-order valence-corrected chi connectivity index (χ1v) is 8.84. The van der Waals surface area contributed by atoms with Crippen molar-refractivity contribution < 1.29 is 9.53 Å². The maximum absolute atomic E-state index is 11.1. The molecule has 0 atom stereocenters. The molecular weight excluding hydrogens is 471 g/mol. The lowest BCUT2D eigenvalue weighted by atomic mass is 10.2. The number of ether oxygens (including phenoxy) is 1. The van der Waals surface area contributed by atoms with Crippen LogP contribution in [0.15, 0.2) is 29.3 Å². The van der Waals surface area contributed by atoms with Crippen LogP contribution in [-0.2, 0) is 18.4 Å². The summed E-state index contributed by atoms with van der Waals surface area (Å²) in [5.41, 5.74) is 4.04. The van der Waals surface area contributed by atoms with Gasteiger partial charge in [0.15, 0.2) is 5.96 Å². The number of carbonyl (C=O) groups is 1. The molecule has 3 N–H and O–H groups in total. The number of aliphatic imine (C=N–C) groups is 1. The summed E-state index contributed by atoms with van der Waals surface area (Å²) in [4.78, 5) is 15.3. The summed E-state index contributed by atoms with van der Waals surface area (Å²) in [6.07, 6.45) is 0. The summed E-state index contributed by atoms with van der Waals surface area (Å²) in [7, 11) is 3.67. The molecule has 2 rings (SSSR count). The van der Waals surface area contributed by atoms with E-state index in [4.69, 9.17) is 4.74 Å². The molecule has 0 fully saturated rings. The Balaban J connectivity index is 0.00000392. The second kappa shape index (κ2) is 11.5. The van der Waals surface area contributed by atoms with Crippen molar-refractivity contribution in [1.29, 1.82) is 0 Å². The number of anilines is 1. The van der Waals surface area contributed by atoms with E-state index in [0.29, 0.717) is 37.1 Å². The van der Waals surface area contributed by atoms with Crippen LogP contribution in [0.2, 0.25) is 0 Å². The van der Waals surface area contributed by atoms with E-state index >= 15 is 0 Å². The van der Waals surface area contributed by atoms with Gasteiger partial charge in [0.2, 0.25) is 5.91 Å². The van der Waals surface area contributed by atoms with Gasteiger partial charge in [-0.15, -0.1) is 24.0 Å². The van der Waals surface area contributed by atoms with Crippen LogP contribution in [0.25, 0.3) is 0 Å². The zero-order chi connectivity index (χ0) is 19.8. The number of guanidine groups is 1. The topological polar surface area (TPSA) is 92.6 Å². The predicted octanol–water partition coefficient (Wildman–Crippen LogP) is 2.36. The monoisotopic (exact) mass is 500 g/mol. The first-order valence-electron chi connectivity index (χ1n) is 8.84. The minimum absolute atomic E-state index is 0. The SMILES string of the molecule is CN=C(NCCOc1cccc(NC(C)=O)c1)NCc1c(C)nn(C)c1C.I. The molecule has 0 radical (unpaired) electrons. The standard InChI is InChI=1S/C19H28N6O2.HI/c1-13-18(14(2)25(5)24-13)12-22-19(20-4)21-9-10-27-17-8-6-7-16(11-17)23-15(3)26;/h6-8,11H,9-10,12H2,1-5H3,(H,23,26)(H2,20,21,22);1H. The van der Waals surface area contributed by atoms with Gasteiger partial charge < -0.3 is 20.7 Å². The fourth-order valence-electron chi connectivity index (χ4n) is 2.67. The van der Waals surface area contributed by atoms with E-state index in [2.05, 4.69) is 33.0 Å². The molecule has 0 spiro atoms. The highest BCUT2D eigenvalue weighted by Gasteiger charge is 2.09. The van der Waals surface area contributed by atoms with Crippen LogP contribution < -0.4 is 20.7 Å². The second-order valence-corrected chi connectivity index (χ2v) is 6.18. The normalized spacial score (nSPS) is 10.8. The number of rotatable bonds is 7. The summed E-state index contributed by atoms with van der Waals surface area (Å²) in [5.74, 6) is 1.30. The van der Waals surface area contributed by atoms with Gasteiger partial charge in [0.25, 0.3) is 0 Å². The Morgan fingerprint density at radius 3 is 2.64 bits per heavy atom. The maximum Gasteiger partial charge on any atom is 0.221 e. The third kappa shape index (κ3) is 7.02. The van der Waals surface area contributed by atoms with E-state index in [0.717, 1.165) is 11.4 Å². The summed E-state index contributed by atoms with van der Waals surface area (Å²) in [6.45, 7) is 7.25. The summed E-state index contributed by atoms with van der Waals surface area (Å²) < 4.78 is 7.60. The van der Waals surface area contributed by atoms with E-state index in [1.807, 2.05) is 36.9 Å². The van der Waals surface area contributed by atoms with Crippen molar-refractivity contribution in [3.8, 4) is 5.75 Å². The Bertz CT molecular complexity index is 819. The molecule has 1 amide bonds. The van der Waals surface area contributed by atoms with Gasteiger partial charge in [-0.25, -0.2) is 0 Å². The lowest BCUT2D eigenvalue weighted by molar-refractivity contribution is -0.114. The molecule has 1 aromatic carbocycles. The lowest BCUT2D eigenvalue weighted by Crippen LogP contribution is -2.39. The highest BCUT2D eigenvalue weighted by atomic mass is 127. The van der Waals surface area contributed by atoms with Crippen LogP contribution in [0.4, 0.5) is 5.69 Å². The van der Waals surface area contributed by atoms with Crippen molar-refractivity contribution in [3.63, 3.8) is 0 Å². The molecule has 2 aromatic rings. The Kier molecular flexibility index (Phi) is 9.77. The summed E-state index contributed by atoms with van der Waals surface area (Å²) >= 11 is 0. The minimum atomic E-state index is -0.109. The maximum atomic E-state index is 11.1. The highest BCUT2D eigenvalue weighted by molar-refractivity contribution is 14.0. The van der Waals surface area contributed by atoms with Crippen LogP contribution >= 0.6 is 24.0 Å². The fourth-order valence-corrected chi connectivity index (χ4v) is 2.67. The average Bonchev–Trinajstić information content (AvgIpc) is 2.86. The predicted molar refractivity (Wildman–Crippen MR) is 123 cm³/mol. The molecule has 9 heteroatoms. The molecule has 0 aliphatic rings. The zero-order valence-corrected chi connectivity index (χ0v) is 19.3. The zero-order valence-electron chi connectivity index (χ0n) is 17.0. The first kappa shape index (κ1) is 23.7. The number of aryl methyl sites for hydroxylation is 2. The van der Waals surface area contributed by atoms with E-state index in [-0.39, 0.29) is 29.9 Å². The van der Waals surface area contributed by atoms with Gasteiger partial charge in [-0.1, -0.05) is 6.07 Å². The molecule has 1 heterocycles. The van der Waals surface area contributed by atoms with Gasteiger partial charge in [0.05, 0.1) is 12.2 Å². The van der Waals surface area contributed by atoms with Gasteiger partial charge in [-0.2, -0.15) is 5.10 Å². The number of carbonyl (C=O) groups excluding carboxylic acids is 1. The average molecular weight is 500 g/mol. The molecule has 0 bridgehead atoms. The van der Waals surface area contributed by atoms with Crippen molar-refractivity contribution in [2.75, 3.05) is 25.5 Å². The molecule has 28 heavy (non-hydrogen) atoms. The number of benzene rings is 1. The van der Waals surface area contributed by atoms with Crippen LogP contribution in [0.1, 0.15) is 23.9 Å². The minimum Gasteiger partial charge on any atom is -0.492 e. The third-order valence-corrected chi connectivity index (χ3v) is 4.13. The molecule has 0 saturated heterocycles. The smallest absolute Gasteiger partial charge is 0.221 e. The fraction of sp³-hybridized carbons (Fsp3) is 0.421. The molecule has 0 aliphatic heterocycles. The van der Waals surface area contributed by atoms with Gasteiger partial charge in [-0.05, 0) is 26.0 Å². The second-order valence-electron chi connectivity index (χ2n) is 6.18. The summed E-state index contributed by atoms with van der Waals surface area (Å²) in [6, 6.07) is 7.31. The van der Waals surface area contributed by atoms with Gasteiger partial charge >= 0.3 is 0 Å². The Labute approximate surface area is 183 Å². The molecule has 1 aromatic heterocycles. The van der Waals surface area contributed by atoms with Crippen molar-refractivity contribution in [2.24, 2.45) is 12.0 Å². The molecule has 0 aliphatic carbocycles. The summed E-state index contributed by atoms with van der Waals surface area (Å²) in [5, 5.41) is 13.7. The van der Waals surface area contributed by atoms with Gasteiger partial charge in [0, 0.05) is 50.6 Å². The van der Waals surface area contributed by atoms with E-state index in [1.165, 1.54) is 12.5 Å². The lowest BCUT2D eigenvalue weighted by Gasteiger charge is -2.13. The Hall–Kier alpha value is -2.30. The van der Waals surface area contributed by atoms with Crippen molar-refractivity contribution in [1.82, 2.24) is 20.4 Å². The Morgan fingerprint density at radius 2 is 2.04 bits per heavy atom. The molecule has 0 unspecified atom stereocenters. The number of halogens is 1. The quantitative estimate of drug-likeness (QED) is 0.235. The van der Waals surface area contributed by atoms with Gasteiger partial charge in [0.1, 0.15) is 12.4 Å². The van der Waals surface area contributed by atoms with Crippen molar-refractivity contribution in [2.45, 2.75) is 27.3 Å². The van der Waals surface area contributed by atoms with E-state index in [1.54, 1.807) is 13.1 Å². The van der Waals surface area contributed by atoms with Crippen LogP contribution in [0.5, 0.6) is 5.75 Å². The number of nitrogens with zero attached hydrogens (tertiary/aromatic N) is 3. The molecule has 0 saturated carbocycles. The van der Waals surface area contributed by atoms with E-state index < -0.39 is 0 Å². The Morgan fingerprint density at radius 1 is 1.29 bits per heavy atom. The van der Waals surface area contributed by atoms with Gasteiger partial charge in [-0.3, -0.25) is 14.5 Å². The van der Waals surface area contributed by atoms with Crippen molar-refractivity contribution >= 4 is 41.5 Å². The largest absolute Gasteiger partial charge is 0.492 e. The van der Waals surface area contributed by atoms with Crippen LogP contribution in [0, 0.1) is 13.8 Å². The molecule has 154 valence electrons. The number of aromatic nitrogens is 2. The molecule has 8 nitrogen and oxygen atoms in total.